The maximum Gasteiger partial charge on any atom is 0.307 e. The van der Waals surface area contributed by atoms with Crippen molar-refractivity contribution < 1.29 is 28.2 Å². The van der Waals surface area contributed by atoms with Crippen molar-refractivity contribution in [2.75, 3.05) is 6.26 Å². The second-order valence-electron chi connectivity index (χ2n) is 9.49. The number of Topliss-reactive ketones (excluding diaryl/α,β-unsaturated/α-hetero) is 1. The van der Waals surface area contributed by atoms with E-state index in [1.807, 2.05) is 18.2 Å². The van der Waals surface area contributed by atoms with Crippen LogP contribution < -0.4 is 0 Å². The molecule has 4 aromatic rings. The zero-order valence-electron chi connectivity index (χ0n) is 20.9. The van der Waals surface area contributed by atoms with E-state index >= 15 is 0 Å². The number of ketones is 1. The molecular weight excluding hydrogens is 563 g/mol. The van der Waals surface area contributed by atoms with E-state index in [0.717, 1.165) is 28.3 Å². The molecule has 204 valence electrons. The van der Waals surface area contributed by atoms with Gasteiger partial charge in [0.15, 0.2) is 15.6 Å². The number of fused-ring (bicyclic) bond motifs is 1. The van der Waals surface area contributed by atoms with Crippen molar-refractivity contribution in [2.24, 2.45) is 5.92 Å². The Morgan fingerprint density at radius 2 is 1.74 bits per heavy atom. The molecule has 0 saturated heterocycles. The van der Waals surface area contributed by atoms with Crippen LogP contribution in [-0.4, -0.2) is 46.8 Å². The second kappa shape index (κ2) is 11.9. The number of carbonyl (C=O) groups is 2. The van der Waals surface area contributed by atoms with Crippen LogP contribution in [0.2, 0.25) is 10.0 Å². The Labute approximate surface area is 235 Å². The van der Waals surface area contributed by atoms with Gasteiger partial charge in [-0.05, 0) is 66.3 Å². The number of aromatic amines is 1. The average Bonchev–Trinajstić information content (AvgIpc) is 3.34. The number of aliphatic hydroxyl groups excluding tert-OH is 1. The molecule has 0 spiro atoms. The van der Waals surface area contributed by atoms with E-state index in [2.05, 4.69) is 10.2 Å². The molecule has 0 aliphatic rings. The monoisotopic (exact) mass is 588 g/mol. The van der Waals surface area contributed by atoms with Gasteiger partial charge in [-0.15, -0.1) is 0 Å². The average molecular weight is 589 g/mol. The number of aryl methyl sites for hydroxylation is 1. The minimum absolute atomic E-state index is 0.0310. The first-order chi connectivity index (χ1) is 18.4. The zero-order valence-corrected chi connectivity index (χ0v) is 23.2. The minimum atomic E-state index is -3.46. The number of carboxylic acid groups (broad SMARTS) is 1. The highest BCUT2D eigenvalue weighted by molar-refractivity contribution is 7.90. The molecule has 2 atom stereocenters. The summed E-state index contributed by atoms with van der Waals surface area (Å²) in [5.41, 5.74) is 2.79. The van der Waals surface area contributed by atoms with Gasteiger partial charge in [-0.2, -0.15) is 5.10 Å². The number of halogens is 2. The van der Waals surface area contributed by atoms with E-state index in [1.54, 1.807) is 24.4 Å². The SMILES string of the molecule is CS(=O)(=O)c1cccc(C[C@H](CC(=O)c2c(Cl)cc(CCC(O)c3ccc4cn[nH]c4c3)cc2Cl)C(=O)O)c1. The normalized spacial score (nSPS) is 13.3. The lowest BCUT2D eigenvalue weighted by Gasteiger charge is -2.15. The highest BCUT2D eigenvalue weighted by Crippen LogP contribution is 2.31. The smallest absolute Gasteiger partial charge is 0.307 e. The van der Waals surface area contributed by atoms with Gasteiger partial charge in [-0.25, -0.2) is 8.42 Å². The van der Waals surface area contributed by atoms with Crippen molar-refractivity contribution in [1.82, 2.24) is 10.2 Å². The zero-order chi connectivity index (χ0) is 28.3. The van der Waals surface area contributed by atoms with Crippen molar-refractivity contribution in [3.05, 3.63) is 93.1 Å². The van der Waals surface area contributed by atoms with Crippen LogP contribution in [0.15, 0.2) is 65.7 Å². The standard InChI is InChI=1S/C28H26Cl2N2O6S/c1-39(37,38)21-4-2-3-16(10-21)9-20(28(35)36)14-26(34)27-22(29)11-17(12-23(27)30)5-8-25(33)18-6-7-19-15-31-32-24(19)13-18/h2-4,6-7,10-13,15,20,25,33H,5,8-9,14H2,1H3,(H,31,32)(H,35,36)/t20-,25?/m1/s1. The van der Waals surface area contributed by atoms with Crippen LogP contribution in [0.3, 0.4) is 0 Å². The lowest BCUT2D eigenvalue weighted by Crippen LogP contribution is -2.21. The Morgan fingerprint density at radius 3 is 2.41 bits per heavy atom. The molecule has 4 rings (SSSR count). The molecule has 3 aromatic carbocycles. The molecule has 11 heteroatoms. The van der Waals surface area contributed by atoms with E-state index in [-0.39, 0.29) is 33.3 Å². The van der Waals surface area contributed by atoms with E-state index in [1.165, 1.54) is 18.2 Å². The third-order valence-electron chi connectivity index (χ3n) is 6.53. The summed E-state index contributed by atoms with van der Waals surface area (Å²) < 4.78 is 23.7. The summed E-state index contributed by atoms with van der Waals surface area (Å²) in [5.74, 6) is -2.84. The van der Waals surface area contributed by atoms with Crippen LogP contribution in [-0.2, 0) is 27.5 Å². The van der Waals surface area contributed by atoms with E-state index in [4.69, 9.17) is 23.2 Å². The van der Waals surface area contributed by atoms with Gasteiger partial charge in [0.1, 0.15) is 0 Å². The van der Waals surface area contributed by atoms with Crippen LogP contribution in [0.4, 0.5) is 0 Å². The fraction of sp³-hybridized carbons (Fsp3) is 0.250. The summed E-state index contributed by atoms with van der Waals surface area (Å²) in [6.45, 7) is 0. The number of sulfone groups is 1. The number of hydrogen-bond acceptors (Lipinski definition) is 6. The minimum Gasteiger partial charge on any atom is -0.481 e. The summed E-state index contributed by atoms with van der Waals surface area (Å²) >= 11 is 12.8. The Balaban J connectivity index is 1.45. The third-order valence-corrected chi connectivity index (χ3v) is 8.23. The molecule has 1 aromatic heterocycles. The second-order valence-corrected chi connectivity index (χ2v) is 12.3. The Hall–Kier alpha value is -3.24. The maximum atomic E-state index is 13.1. The van der Waals surface area contributed by atoms with Gasteiger partial charge in [0, 0.05) is 18.1 Å². The first-order valence-electron chi connectivity index (χ1n) is 12.1. The molecule has 0 saturated carbocycles. The number of benzene rings is 3. The van der Waals surface area contributed by atoms with E-state index in [9.17, 15) is 28.2 Å². The molecule has 1 unspecified atom stereocenters. The number of aromatic nitrogens is 2. The van der Waals surface area contributed by atoms with Crippen LogP contribution in [0.25, 0.3) is 10.9 Å². The van der Waals surface area contributed by atoms with E-state index in [0.29, 0.717) is 18.4 Å². The largest absolute Gasteiger partial charge is 0.481 e. The van der Waals surface area contributed by atoms with E-state index < -0.39 is 33.6 Å². The van der Waals surface area contributed by atoms with Crippen molar-refractivity contribution in [3.8, 4) is 0 Å². The number of nitrogens with one attached hydrogen (secondary N) is 1. The summed E-state index contributed by atoms with van der Waals surface area (Å²) in [6, 6.07) is 14.7. The van der Waals surface area contributed by atoms with Crippen LogP contribution in [0.1, 0.15) is 46.0 Å². The molecule has 0 radical (unpaired) electrons. The van der Waals surface area contributed by atoms with Gasteiger partial charge in [-0.1, -0.05) is 47.5 Å². The van der Waals surface area contributed by atoms with Crippen LogP contribution in [0, 0.1) is 5.92 Å². The first kappa shape index (κ1) is 28.8. The van der Waals surface area contributed by atoms with Gasteiger partial charge in [0.25, 0.3) is 0 Å². The predicted octanol–water partition coefficient (Wildman–Crippen LogP) is 5.46. The van der Waals surface area contributed by atoms with Crippen LogP contribution >= 0.6 is 23.2 Å². The number of hydrogen-bond donors (Lipinski definition) is 3. The fourth-order valence-electron chi connectivity index (χ4n) is 4.43. The molecule has 0 fully saturated rings. The summed E-state index contributed by atoms with van der Waals surface area (Å²) in [4.78, 5) is 25.1. The topological polar surface area (TPSA) is 137 Å². The van der Waals surface area contributed by atoms with Gasteiger partial charge >= 0.3 is 5.97 Å². The molecule has 0 amide bonds. The van der Waals surface area contributed by atoms with Crippen molar-refractivity contribution in [2.45, 2.75) is 36.7 Å². The molecule has 8 nitrogen and oxygen atoms in total. The van der Waals surface area contributed by atoms with Crippen LogP contribution in [0.5, 0.6) is 0 Å². The quantitative estimate of drug-likeness (QED) is 0.198. The van der Waals surface area contributed by atoms with Gasteiger partial charge in [0.05, 0.1) is 44.2 Å². The lowest BCUT2D eigenvalue weighted by molar-refractivity contribution is -0.141. The first-order valence-corrected chi connectivity index (χ1v) is 14.7. The number of aliphatic hydroxyl groups is 1. The number of nitrogens with zero attached hydrogens (tertiary/aromatic N) is 1. The number of carboxylic acids is 1. The summed E-state index contributed by atoms with van der Waals surface area (Å²) in [7, 11) is -3.46. The molecule has 1 heterocycles. The van der Waals surface area contributed by atoms with Crippen molar-refractivity contribution >= 4 is 55.7 Å². The third kappa shape index (κ3) is 7.05. The number of H-pyrrole nitrogens is 1. The highest BCUT2D eigenvalue weighted by atomic mass is 35.5. The Morgan fingerprint density at radius 1 is 1.03 bits per heavy atom. The van der Waals surface area contributed by atoms with Gasteiger partial charge < -0.3 is 10.2 Å². The predicted molar refractivity (Wildman–Crippen MR) is 149 cm³/mol. The molecule has 0 aliphatic heterocycles. The summed E-state index contributed by atoms with van der Waals surface area (Å²) in [6.07, 6.45) is 2.43. The summed E-state index contributed by atoms with van der Waals surface area (Å²) in [5, 5.41) is 28.4. The van der Waals surface area contributed by atoms with Crippen molar-refractivity contribution in [3.63, 3.8) is 0 Å². The molecule has 3 N–H and O–H groups in total. The van der Waals surface area contributed by atoms with Gasteiger partial charge in [-0.3, -0.25) is 14.7 Å². The highest BCUT2D eigenvalue weighted by Gasteiger charge is 2.26. The molecule has 39 heavy (non-hydrogen) atoms. The molecule has 0 bridgehead atoms. The number of aliphatic carboxylic acids is 1. The van der Waals surface area contributed by atoms with Crippen molar-refractivity contribution in [1.29, 1.82) is 0 Å². The van der Waals surface area contributed by atoms with Gasteiger partial charge in [0.2, 0.25) is 0 Å². The number of rotatable bonds is 11. The maximum absolute atomic E-state index is 13.1. The molecule has 0 aliphatic carbocycles. The fourth-order valence-corrected chi connectivity index (χ4v) is 5.86. The Kier molecular flexibility index (Phi) is 8.76. The molecular formula is C28H26Cl2N2O6S. The lowest BCUT2D eigenvalue weighted by atomic mass is 9.91. The Bertz CT molecular complexity index is 1630. The number of carbonyl (C=O) groups excluding carboxylic acids is 1.